The van der Waals surface area contributed by atoms with Crippen molar-refractivity contribution in [3.8, 4) is 11.5 Å². The van der Waals surface area contributed by atoms with Crippen LogP contribution in [0.5, 0.6) is 11.5 Å². The Labute approximate surface area is 234 Å². The van der Waals surface area contributed by atoms with Gasteiger partial charge >= 0.3 is 0 Å². The summed E-state index contributed by atoms with van der Waals surface area (Å²) in [5, 5.41) is 11.3. The fourth-order valence-electron chi connectivity index (χ4n) is 5.05. The molecule has 0 aliphatic carbocycles. The Kier molecular flexibility index (Phi) is 8.78. The molecular weight excluding hydrogens is 508 g/mol. The minimum absolute atomic E-state index is 0.0779. The molecule has 0 spiro atoms. The summed E-state index contributed by atoms with van der Waals surface area (Å²) in [6, 6.07) is 23.4. The van der Waals surface area contributed by atoms with Crippen LogP contribution < -0.4 is 9.47 Å². The number of carbonyl (C=O) groups is 2. The van der Waals surface area contributed by atoms with Crippen LogP contribution in [0.15, 0.2) is 84.4 Å². The summed E-state index contributed by atoms with van der Waals surface area (Å²) in [7, 11) is 0. The van der Waals surface area contributed by atoms with E-state index in [-0.39, 0.29) is 11.3 Å². The zero-order valence-electron chi connectivity index (χ0n) is 22.6. The Hall–Kier alpha value is -4.14. The Bertz CT molecular complexity index is 1330. The van der Waals surface area contributed by atoms with Crippen molar-refractivity contribution in [2.45, 2.75) is 19.6 Å². The van der Waals surface area contributed by atoms with Gasteiger partial charge in [0.05, 0.1) is 31.4 Å². The van der Waals surface area contributed by atoms with Crippen molar-refractivity contribution < 1.29 is 28.9 Å². The summed E-state index contributed by atoms with van der Waals surface area (Å²) in [5.41, 5.74) is 2.30. The minimum Gasteiger partial charge on any atom is -0.507 e. The number of ketones is 1. The van der Waals surface area contributed by atoms with Crippen molar-refractivity contribution in [1.29, 1.82) is 0 Å². The van der Waals surface area contributed by atoms with Gasteiger partial charge in [0, 0.05) is 31.7 Å². The molecule has 2 aliphatic rings. The van der Waals surface area contributed by atoms with Crippen LogP contribution >= 0.6 is 0 Å². The molecular formula is C32H34N2O6. The first-order chi connectivity index (χ1) is 19.5. The van der Waals surface area contributed by atoms with Gasteiger partial charge in [-0.3, -0.25) is 14.5 Å². The molecule has 5 rings (SSSR count). The van der Waals surface area contributed by atoms with Crippen LogP contribution in [0.3, 0.4) is 0 Å². The van der Waals surface area contributed by atoms with Gasteiger partial charge < -0.3 is 24.2 Å². The molecule has 40 heavy (non-hydrogen) atoms. The van der Waals surface area contributed by atoms with Gasteiger partial charge in [-0.25, -0.2) is 0 Å². The third-order valence-electron chi connectivity index (χ3n) is 7.18. The Morgan fingerprint density at radius 3 is 2.20 bits per heavy atom. The van der Waals surface area contributed by atoms with Crippen LogP contribution in [0.1, 0.15) is 29.7 Å². The number of hydrogen-bond acceptors (Lipinski definition) is 7. The van der Waals surface area contributed by atoms with Crippen LogP contribution in [0.4, 0.5) is 0 Å². The molecule has 8 nitrogen and oxygen atoms in total. The third kappa shape index (κ3) is 6.19. The molecule has 0 aromatic heterocycles. The van der Waals surface area contributed by atoms with Gasteiger partial charge in [0.15, 0.2) is 0 Å². The van der Waals surface area contributed by atoms with Gasteiger partial charge in [-0.05, 0) is 54.4 Å². The number of likely N-dealkylation sites (tertiary alicyclic amines) is 1. The van der Waals surface area contributed by atoms with Crippen LogP contribution in [0, 0.1) is 0 Å². The number of Topliss-reactive ketones (excluding diaryl/α,β-unsaturated/α-hetero) is 1. The first-order valence-electron chi connectivity index (χ1n) is 13.6. The molecule has 1 N–H and O–H groups in total. The maximum atomic E-state index is 13.4. The fraction of sp³-hybridized carbons (Fsp3) is 0.312. The molecule has 3 aromatic carbocycles. The molecule has 1 unspecified atom stereocenters. The van der Waals surface area contributed by atoms with Gasteiger partial charge in [0.2, 0.25) is 0 Å². The average molecular weight is 543 g/mol. The summed E-state index contributed by atoms with van der Waals surface area (Å²) in [5.74, 6) is -0.181. The van der Waals surface area contributed by atoms with Crippen LogP contribution in [0.25, 0.3) is 5.76 Å². The predicted molar refractivity (Wildman–Crippen MR) is 151 cm³/mol. The third-order valence-corrected chi connectivity index (χ3v) is 7.18. The largest absolute Gasteiger partial charge is 0.507 e. The first-order valence-corrected chi connectivity index (χ1v) is 13.6. The Balaban J connectivity index is 1.44. The van der Waals surface area contributed by atoms with E-state index in [1.54, 1.807) is 29.2 Å². The molecule has 0 saturated carbocycles. The van der Waals surface area contributed by atoms with E-state index >= 15 is 0 Å². The SMILES string of the molecule is CCOc1ccc(C(O)=C2C(=O)C(=O)N(CCN3CCOCC3)C2c2ccc(OCc3ccccc3)cc2)cc1. The van der Waals surface area contributed by atoms with Gasteiger partial charge in [0.1, 0.15) is 23.9 Å². The maximum absolute atomic E-state index is 13.4. The summed E-state index contributed by atoms with van der Waals surface area (Å²) >= 11 is 0. The van der Waals surface area contributed by atoms with E-state index < -0.39 is 17.7 Å². The van der Waals surface area contributed by atoms with Crippen molar-refractivity contribution in [1.82, 2.24) is 9.80 Å². The van der Waals surface area contributed by atoms with E-state index in [9.17, 15) is 14.7 Å². The molecule has 2 heterocycles. The Morgan fingerprint density at radius 1 is 0.875 bits per heavy atom. The number of aliphatic hydroxyl groups excluding tert-OH is 1. The van der Waals surface area contributed by atoms with Crippen LogP contribution in [-0.2, 0) is 20.9 Å². The maximum Gasteiger partial charge on any atom is 0.295 e. The highest BCUT2D eigenvalue weighted by Crippen LogP contribution is 2.40. The average Bonchev–Trinajstić information content (AvgIpc) is 3.25. The normalized spacial score (nSPS) is 19.1. The van der Waals surface area contributed by atoms with E-state index in [2.05, 4.69) is 4.90 Å². The summed E-state index contributed by atoms with van der Waals surface area (Å²) < 4.78 is 16.9. The van der Waals surface area contributed by atoms with E-state index in [0.717, 1.165) is 24.2 Å². The lowest BCUT2D eigenvalue weighted by atomic mass is 9.95. The molecule has 3 aromatic rings. The molecule has 2 aliphatic heterocycles. The Morgan fingerprint density at radius 2 is 1.52 bits per heavy atom. The predicted octanol–water partition coefficient (Wildman–Crippen LogP) is 4.42. The topological polar surface area (TPSA) is 88.5 Å². The molecule has 208 valence electrons. The number of aliphatic hydroxyl groups is 1. The van der Waals surface area contributed by atoms with E-state index in [1.165, 1.54) is 0 Å². The van der Waals surface area contributed by atoms with Crippen molar-refractivity contribution in [3.05, 3.63) is 101 Å². The number of rotatable bonds is 10. The monoisotopic (exact) mass is 542 g/mol. The molecule has 1 atom stereocenters. The van der Waals surface area contributed by atoms with Crippen LogP contribution in [-0.4, -0.2) is 72.6 Å². The van der Waals surface area contributed by atoms with E-state index in [0.29, 0.717) is 56.6 Å². The second-order valence-electron chi connectivity index (χ2n) is 9.75. The quantitative estimate of drug-likeness (QED) is 0.231. The molecule has 8 heteroatoms. The summed E-state index contributed by atoms with van der Waals surface area (Å²) in [4.78, 5) is 30.5. The molecule has 0 bridgehead atoms. The molecule has 2 fully saturated rings. The standard InChI is InChI=1S/C32H34N2O6/c1-2-39-26-14-10-25(11-15-26)30(35)28-29(34(32(37)31(28)36)17-16-33-18-20-38-21-19-33)24-8-12-27(13-9-24)40-22-23-6-4-3-5-7-23/h3-15,29,35H,2,16-22H2,1H3. The fourth-order valence-corrected chi connectivity index (χ4v) is 5.05. The lowest BCUT2D eigenvalue weighted by Gasteiger charge is -2.31. The summed E-state index contributed by atoms with van der Waals surface area (Å²) in [6.45, 7) is 6.62. The molecule has 1 amide bonds. The zero-order chi connectivity index (χ0) is 27.9. The first kappa shape index (κ1) is 27.4. The zero-order valence-corrected chi connectivity index (χ0v) is 22.6. The summed E-state index contributed by atoms with van der Waals surface area (Å²) in [6.07, 6.45) is 0. The van der Waals surface area contributed by atoms with E-state index in [4.69, 9.17) is 14.2 Å². The number of ether oxygens (including phenoxy) is 3. The second-order valence-corrected chi connectivity index (χ2v) is 9.75. The lowest BCUT2D eigenvalue weighted by Crippen LogP contribution is -2.42. The van der Waals surface area contributed by atoms with Crippen molar-refractivity contribution in [2.75, 3.05) is 46.0 Å². The molecule has 0 radical (unpaired) electrons. The highest BCUT2D eigenvalue weighted by atomic mass is 16.5. The number of nitrogens with zero attached hydrogens (tertiary/aromatic N) is 2. The number of benzene rings is 3. The highest BCUT2D eigenvalue weighted by Gasteiger charge is 2.46. The smallest absolute Gasteiger partial charge is 0.295 e. The van der Waals surface area contributed by atoms with Crippen molar-refractivity contribution in [2.24, 2.45) is 0 Å². The van der Waals surface area contributed by atoms with E-state index in [1.807, 2.05) is 61.5 Å². The van der Waals surface area contributed by atoms with Gasteiger partial charge in [-0.2, -0.15) is 0 Å². The number of morpholine rings is 1. The number of amides is 1. The molecule has 2 saturated heterocycles. The number of carbonyl (C=O) groups excluding carboxylic acids is 2. The second kappa shape index (κ2) is 12.8. The van der Waals surface area contributed by atoms with Crippen molar-refractivity contribution in [3.63, 3.8) is 0 Å². The van der Waals surface area contributed by atoms with Gasteiger partial charge in [0.25, 0.3) is 11.7 Å². The van der Waals surface area contributed by atoms with Gasteiger partial charge in [-0.15, -0.1) is 0 Å². The van der Waals surface area contributed by atoms with Gasteiger partial charge in [-0.1, -0.05) is 42.5 Å². The highest BCUT2D eigenvalue weighted by molar-refractivity contribution is 6.46. The van der Waals surface area contributed by atoms with Crippen molar-refractivity contribution >= 4 is 17.4 Å². The lowest BCUT2D eigenvalue weighted by molar-refractivity contribution is -0.140. The van der Waals surface area contributed by atoms with Crippen LogP contribution in [0.2, 0.25) is 0 Å². The number of hydrogen-bond donors (Lipinski definition) is 1. The minimum atomic E-state index is -0.726.